The molecule has 0 amide bonds. The van der Waals surface area contributed by atoms with Gasteiger partial charge >= 0.3 is 5.97 Å². The zero-order chi connectivity index (χ0) is 15.0. The second-order valence-electron chi connectivity index (χ2n) is 3.77. The van der Waals surface area contributed by atoms with Gasteiger partial charge in [0, 0.05) is 24.9 Å². The molecule has 0 aliphatic carbocycles. The zero-order valence-electron chi connectivity index (χ0n) is 11.0. The molecule has 0 fully saturated rings. The molecule has 0 heterocycles. The van der Waals surface area contributed by atoms with Crippen LogP contribution in [0.1, 0.15) is 10.4 Å². The summed E-state index contributed by atoms with van der Waals surface area (Å²) in [5, 5.41) is 10.6. The van der Waals surface area contributed by atoms with Crippen molar-refractivity contribution in [1.29, 1.82) is 0 Å². The van der Waals surface area contributed by atoms with E-state index >= 15 is 0 Å². The number of anilines is 1. The van der Waals surface area contributed by atoms with Crippen LogP contribution in [0, 0.1) is 10.1 Å². The topological polar surface area (TPSA) is 114 Å². The van der Waals surface area contributed by atoms with Gasteiger partial charge in [0.05, 0.1) is 30.3 Å². The standard InChI is InChI=1S/C12H16N2O6/c1-18-4-5-19-6-7-20-12(15)10-8-9(14(16)17)2-3-11(10)13/h2-3,8H,4-7,13H2,1H3. The molecule has 0 unspecified atom stereocenters. The van der Waals surface area contributed by atoms with Crippen LogP contribution in [0.25, 0.3) is 0 Å². The van der Waals surface area contributed by atoms with E-state index in [0.717, 1.165) is 6.07 Å². The first-order valence-electron chi connectivity index (χ1n) is 5.84. The first-order valence-corrected chi connectivity index (χ1v) is 5.84. The van der Waals surface area contributed by atoms with E-state index in [0.29, 0.717) is 13.2 Å². The molecule has 1 aromatic carbocycles. The number of hydrogen-bond acceptors (Lipinski definition) is 7. The number of non-ortho nitro benzene ring substituents is 1. The molecule has 110 valence electrons. The van der Waals surface area contributed by atoms with Gasteiger partial charge in [0.2, 0.25) is 0 Å². The van der Waals surface area contributed by atoms with Crippen LogP contribution in [-0.4, -0.2) is 44.4 Å². The summed E-state index contributed by atoms with van der Waals surface area (Å²) in [6, 6.07) is 3.60. The van der Waals surface area contributed by atoms with Crippen LogP contribution in [0.3, 0.4) is 0 Å². The number of carbonyl (C=O) groups is 1. The highest BCUT2D eigenvalue weighted by Crippen LogP contribution is 2.20. The van der Waals surface area contributed by atoms with Gasteiger partial charge in [-0.15, -0.1) is 0 Å². The molecule has 0 saturated heterocycles. The molecule has 0 aliphatic rings. The molecule has 2 N–H and O–H groups in total. The number of esters is 1. The molecular formula is C12H16N2O6. The lowest BCUT2D eigenvalue weighted by Crippen LogP contribution is -2.14. The van der Waals surface area contributed by atoms with Gasteiger partial charge in [0.25, 0.3) is 5.69 Å². The lowest BCUT2D eigenvalue weighted by Gasteiger charge is -2.07. The third kappa shape index (κ3) is 4.82. The Morgan fingerprint density at radius 1 is 1.30 bits per heavy atom. The van der Waals surface area contributed by atoms with Crippen LogP contribution >= 0.6 is 0 Å². The van der Waals surface area contributed by atoms with E-state index in [9.17, 15) is 14.9 Å². The van der Waals surface area contributed by atoms with Crippen LogP contribution in [-0.2, 0) is 14.2 Å². The van der Waals surface area contributed by atoms with E-state index in [4.69, 9.17) is 19.9 Å². The van der Waals surface area contributed by atoms with E-state index < -0.39 is 10.9 Å². The van der Waals surface area contributed by atoms with Crippen molar-refractivity contribution in [3.63, 3.8) is 0 Å². The van der Waals surface area contributed by atoms with E-state index in [1.54, 1.807) is 7.11 Å². The summed E-state index contributed by atoms with van der Waals surface area (Å²) in [6.45, 7) is 1.09. The molecule has 0 spiro atoms. The number of nitrogen functional groups attached to an aromatic ring is 1. The molecule has 0 aromatic heterocycles. The molecular weight excluding hydrogens is 268 g/mol. The van der Waals surface area contributed by atoms with Crippen LogP contribution in [0.2, 0.25) is 0 Å². The Bertz CT molecular complexity index is 477. The Kier molecular flexibility index (Phi) is 6.41. The Hall–Kier alpha value is -2.19. The van der Waals surface area contributed by atoms with E-state index in [2.05, 4.69) is 0 Å². The fourth-order valence-electron chi connectivity index (χ4n) is 1.35. The number of hydrogen-bond donors (Lipinski definition) is 1. The molecule has 1 rings (SSSR count). The van der Waals surface area contributed by atoms with E-state index in [1.807, 2.05) is 0 Å². The van der Waals surface area contributed by atoms with Crippen LogP contribution < -0.4 is 5.73 Å². The third-order valence-electron chi connectivity index (χ3n) is 2.36. The van der Waals surface area contributed by atoms with Gasteiger partial charge in [0.15, 0.2) is 0 Å². The Morgan fingerprint density at radius 3 is 2.65 bits per heavy atom. The zero-order valence-corrected chi connectivity index (χ0v) is 11.0. The summed E-state index contributed by atoms with van der Waals surface area (Å²) < 4.78 is 14.8. The summed E-state index contributed by atoms with van der Waals surface area (Å²) in [5.41, 5.74) is 5.46. The van der Waals surface area contributed by atoms with Gasteiger partial charge in [-0.05, 0) is 6.07 Å². The van der Waals surface area contributed by atoms with Crippen molar-refractivity contribution in [2.24, 2.45) is 0 Å². The predicted octanol–water partition coefficient (Wildman–Crippen LogP) is 0.997. The van der Waals surface area contributed by atoms with Crippen LogP contribution in [0.15, 0.2) is 18.2 Å². The second-order valence-corrected chi connectivity index (χ2v) is 3.77. The smallest absolute Gasteiger partial charge is 0.340 e. The van der Waals surface area contributed by atoms with Gasteiger partial charge in [-0.2, -0.15) is 0 Å². The number of nitrogens with two attached hydrogens (primary N) is 1. The molecule has 0 radical (unpaired) electrons. The van der Waals surface area contributed by atoms with Crippen molar-refractivity contribution >= 4 is 17.3 Å². The maximum absolute atomic E-state index is 11.7. The van der Waals surface area contributed by atoms with Crippen LogP contribution in [0.5, 0.6) is 0 Å². The van der Waals surface area contributed by atoms with Gasteiger partial charge < -0.3 is 19.9 Å². The number of rotatable bonds is 8. The van der Waals surface area contributed by atoms with Gasteiger partial charge in [-0.25, -0.2) is 4.79 Å². The molecule has 0 aliphatic heterocycles. The highest BCUT2D eigenvalue weighted by molar-refractivity contribution is 5.95. The monoisotopic (exact) mass is 284 g/mol. The highest BCUT2D eigenvalue weighted by atomic mass is 16.6. The first kappa shape index (κ1) is 15.9. The normalized spacial score (nSPS) is 10.2. The summed E-state index contributed by atoms with van der Waals surface area (Å²) in [6.07, 6.45) is 0. The number of carbonyl (C=O) groups excluding carboxylic acids is 1. The van der Waals surface area contributed by atoms with Crippen molar-refractivity contribution in [2.45, 2.75) is 0 Å². The summed E-state index contributed by atoms with van der Waals surface area (Å²) in [5.74, 6) is -0.721. The number of nitro benzene ring substituents is 1. The minimum Gasteiger partial charge on any atom is -0.460 e. The molecule has 0 bridgehead atoms. The van der Waals surface area contributed by atoms with Crippen LogP contribution in [0.4, 0.5) is 11.4 Å². The minimum atomic E-state index is -0.721. The average Bonchev–Trinajstić information content (AvgIpc) is 2.42. The number of ether oxygens (including phenoxy) is 3. The van der Waals surface area contributed by atoms with Crippen molar-refractivity contribution in [3.05, 3.63) is 33.9 Å². The lowest BCUT2D eigenvalue weighted by molar-refractivity contribution is -0.384. The largest absolute Gasteiger partial charge is 0.460 e. The second kappa shape index (κ2) is 8.08. The van der Waals surface area contributed by atoms with Gasteiger partial charge in [-0.1, -0.05) is 0 Å². The summed E-state index contributed by atoms with van der Waals surface area (Å²) in [4.78, 5) is 21.7. The maximum atomic E-state index is 11.7. The van der Waals surface area contributed by atoms with E-state index in [-0.39, 0.29) is 30.2 Å². The number of benzene rings is 1. The molecule has 8 heteroatoms. The first-order chi connectivity index (χ1) is 9.56. The van der Waals surface area contributed by atoms with Crippen molar-refractivity contribution < 1.29 is 23.9 Å². The molecule has 1 aromatic rings. The summed E-state index contributed by atoms with van der Waals surface area (Å²) >= 11 is 0. The Balaban J connectivity index is 2.50. The maximum Gasteiger partial charge on any atom is 0.340 e. The highest BCUT2D eigenvalue weighted by Gasteiger charge is 2.16. The SMILES string of the molecule is COCCOCCOC(=O)c1cc([N+](=O)[O-])ccc1N. The number of methoxy groups -OCH3 is 1. The Labute approximate surface area is 115 Å². The Morgan fingerprint density at radius 2 is 2.00 bits per heavy atom. The summed E-state index contributed by atoms with van der Waals surface area (Å²) in [7, 11) is 1.55. The average molecular weight is 284 g/mol. The molecule has 0 saturated carbocycles. The van der Waals surface area contributed by atoms with Crippen molar-refractivity contribution in [2.75, 3.05) is 39.3 Å². The molecule has 0 atom stereocenters. The number of nitrogens with zero attached hydrogens (tertiary/aromatic N) is 1. The fraction of sp³-hybridized carbons (Fsp3) is 0.417. The fourth-order valence-corrected chi connectivity index (χ4v) is 1.35. The van der Waals surface area contributed by atoms with E-state index in [1.165, 1.54) is 12.1 Å². The van der Waals surface area contributed by atoms with Gasteiger partial charge in [0.1, 0.15) is 6.61 Å². The minimum absolute atomic E-state index is 0.0314. The van der Waals surface area contributed by atoms with Crippen molar-refractivity contribution in [3.8, 4) is 0 Å². The molecule has 8 nitrogen and oxygen atoms in total. The lowest BCUT2D eigenvalue weighted by atomic mass is 10.1. The van der Waals surface area contributed by atoms with Gasteiger partial charge in [-0.3, -0.25) is 10.1 Å². The van der Waals surface area contributed by atoms with Crippen molar-refractivity contribution in [1.82, 2.24) is 0 Å². The number of nitro groups is 1. The molecule has 20 heavy (non-hydrogen) atoms. The third-order valence-corrected chi connectivity index (χ3v) is 2.36. The predicted molar refractivity (Wildman–Crippen MR) is 70.5 cm³/mol. The quantitative estimate of drug-likeness (QED) is 0.249.